The van der Waals surface area contributed by atoms with Gasteiger partial charge in [-0.05, 0) is 36.8 Å². The van der Waals surface area contributed by atoms with Crippen molar-refractivity contribution in [3.63, 3.8) is 0 Å². The van der Waals surface area contributed by atoms with Crippen LogP contribution in [0, 0.1) is 12.7 Å². The fourth-order valence-corrected chi connectivity index (χ4v) is 1.85. The molecular formula is C15H14FNO2. The lowest BCUT2D eigenvalue weighted by Gasteiger charge is -2.07. The number of phenols is 1. The summed E-state index contributed by atoms with van der Waals surface area (Å²) in [6.07, 6.45) is 0.0439. The predicted molar refractivity (Wildman–Crippen MR) is 71.6 cm³/mol. The number of para-hydroxylation sites is 1. The van der Waals surface area contributed by atoms with Gasteiger partial charge in [0.05, 0.1) is 6.42 Å². The summed E-state index contributed by atoms with van der Waals surface area (Å²) in [5.74, 6) is -0.613. The van der Waals surface area contributed by atoms with Gasteiger partial charge in [0.2, 0.25) is 5.91 Å². The standard InChI is InChI=1S/C15H14FNO2/c1-10-6-12(16)9-13(7-10)17-15(19)8-11-4-2-3-5-14(11)18/h2-7,9,18H,8H2,1H3,(H,17,19). The van der Waals surface area contributed by atoms with Gasteiger partial charge < -0.3 is 10.4 Å². The number of nitrogens with one attached hydrogen (secondary N) is 1. The molecule has 0 aromatic heterocycles. The molecule has 0 aliphatic carbocycles. The lowest BCUT2D eigenvalue weighted by molar-refractivity contribution is -0.115. The largest absolute Gasteiger partial charge is 0.508 e. The average molecular weight is 259 g/mol. The molecule has 0 saturated heterocycles. The molecule has 2 rings (SSSR count). The Morgan fingerprint density at radius 3 is 2.68 bits per heavy atom. The maximum atomic E-state index is 13.2. The second kappa shape index (κ2) is 5.52. The molecule has 0 radical (unpaired) electrons. The number of carbonyl (C=O) groups is 1. The number of anilines is 1. The van der Waals surface area contributed by atoms with E-state index >= 15 is 0 Å². The Labute approximate surface area is 110 Å². The van der Waals surface area contributed by atoms with E-state index in [4.69, 9.17) is 0 Å². The quantitative estimate of drug-likeness (QED) is 0.890. The first-order valence-corrected chi connectivity index (χ1v) is 5.88. The van der Waals surface area contributed by atoms with Gasteiger partial charge >= 0.3 is 0 Å². The van der Waals surface area contributed by atoms with E-state index in [-0.39, 0.29) is 18.1 Å². The summed E-state index contributed by atoms with van der Waals surface area (Å²) in [6, 6.07) is 11.0. The SMILES string of the molecule is Cc1cc(F)cc(NC(=O)Cc2ccccc2O)c1. The molecule has 0 atom stereocenters. The van der Waals surface area contributed by atoms with Crippen LogP contribution in [0.2, 0.25) is 0 Å². The van der Waals surface area contributed by atoms with Crippen LogP contribution in [0.5, 0.6) is 5.75 Å². The van der Waals surface area contributed by atoms with E-state index in [9.17, 15) is 14.3 Å². The number of amides is 1. The maximum absolute atomic E-state index is 13.2. The molecule has 2 N–H and O–H groups in total. The van der Waals surface area contributed by atoms with Crippen LogP contribution >= 0.6 is 0 Å². The van der Waals surface area contributed by atoms with Gasteiger partial charge in [-0.2, -0.15) is 0 Å². The van der Waals surface area contributed by atoms with E-state index < -0.39 is 5.82 Å². The zero-order valence-corrected chi connectivity index (χ0v) is 10.5. The molecule has 0 aliphatic heterocycles. The number of hydrogen-bond donors (Lipinski definition) is 2. The van der Waals surface area contributed by atoms with Crippen molar-refractivity contribution in [2.45, 2.75) is 13.3 Å². The van der Waals surface area contributed by atoms with Gasteiger partial charge in [0.25, 0.3) is 0 Å². The summed E-state index contributed by atoms with van der Waals surface area (Å²) in [4.78, 5) is 11.8. The maximum Gasteiger partial charge on any atom is 0.228 e. The first-order chi connectivity index (χ1) is 9.04. The Bertz CT molecular complexity index is 591. The number of aryl methyl sites for hydroxylation is 1. The third-order valence-corrected chi connectivity index (χ3v) is 2.67. The van der Waals surface area contributed by atoms with Crippen LogP contribution in [-0.4, -0.2) is 11.0 Å². The van der Waals surface area contributed by atoms with Crippen molar-refractivity contribution in [1.29, 1.82) is 0 Å². The molecule has 3 nitrogen and oxygen atoms in total. The molecule has 0 unspecified atom stereocenters. The minimum atomic E-state index is -0.391. The second-order valence-corrected chi connectivity index (χ2v) is 4.37. The number of phenolic OH excluding ortho intramolecular Hbond substituents is 1. The highest BCUT2D eigenvalue weighted by Gasteiger charge is 2.08. The zero-order valence-electron chi connectivity index (χ0n) is 10.5. The summed E-state index contributed by atoms with van der Waals surface area (Å²) < 4.78 is 13.2. The van der Waals surface area contributed by atoms with Crippen LogP contribution in [0.1, 0.15) is 11.1 Å². The lowest BCUT2D eigenvalue weighted by Crippen LogP contribution is -2.14. The molecule has 19 heavy (non-hydrogen) atoms. The molecule has 2 aromatic carbocycles. The Morgan fingerprint density at radius 1 is 1.26 bits per heavy atom. The number of hydrogen-bond acceptors (Lipinski definition) is 2. The normalized spacial score (nSPS) is 10.2. The summed E-state index contributed by atoms with van der Waals surface area (Å²) in [5.41, 5.74) is 1.68. The van der Waals surface area contributed by atoms with E-state index in [1.165, 1.54) is 18.2 Å². The van der Waals surface area contributed by atoms with Gasteiger partial charge in [0.15, 0.2) is 0 Å². The Hall–Kier alpha value is -2.36. The molecule has 1 amide bonds. The van der Waals surface area contributed by atoms with Crippen molar-refractivity contribution < 1.29 is 14.3 Å². The molecule has 4 heteroatoms. The van der Waals surface area contributed by atoms with E-state index in [2.05, 4.69) is 5.32 Å². The highest BCUT2D eigenvalue weighted by molar-refractivity contribution is 5.92. The van der Waals surface area contributed by atoms with Crippen LogP contribution in [0.15, 0.2) is 42.5 Å². The fraction of sp³-hybridized carbons (Fsp3) is 0.133. The van der Waals surface area contributed by atoms with Crippen LogP contribution in [0.25, 0.3) is 0 Å². The zero-order chi connectivity index (χ0) is 13.8. The van der Waals surface area contributed by atoms with E-state index in [0.29, 0.717) is 11.3 Å². The molecule has 98 valence electrons. The molecule has 0 spiro atoms. The van der Waals surface area contributed by atoms with Gasteiger partial charge in [0.1, 0.15) is 11.6 Å². The minimum absolute atomic E-state index is 0.0439. The van der Waals surface area contributed by atoms with Crippen LogP contribution in [0.4, 0.5) is 10.1 Å². The monoisotopic (exact) mass is 259 g/mol. The number of carbonyl (C=O) groups excluding carboxylic acids is 1. The molecule has 0 aliphatic rings. The second-order valence-electron chi connectivity index (χ2n) is 4.37. The minimum Gasteiger partial charge on any atom is -0.508 e. The Balaban J connectivity index is 2.07. The van der Waals surface area contributed by atoms with E-state index in [1.807, 2.05) is 0 Å². The third-order valence-electron chi connectivity index (χ3n) is 2.67. The molecule has 0 bridgehead atoms. The number of benzene rings is 2. The summed E-state index contributed by atoms with van der Waals surface area (Å²) in [7, 11) is 0. The average Bonchev–Trinajstić information content (AvgIpc) is 2.30. The number of aromatic hydroxyl groups is 1. The first-order valence-electron chi connectivity index (χ1n) is 5.88. The Kier molecular flexibility index (Phi) is 3.80. The van der Waals surface area contributed by atoms with Gasteiger partial charge in [-0.25, -0.2) is 4.39 Å². The molecule has 0 saturated carbocycles. The van der Waals surface area contributed by atoms with Crippen LogP contribution < -0.4 is 5.32 Å². The summed E-state index contributed by atoms with van der Waals surface area (Å²) in [6.45, 7) is 1.75. The molecule has 0 heterocycles. The lowest BCUT2D eigenvalue weighted by atomic mass is 10.1. The topological polar surface area (TPSA) is 49.3 Å². The van der Waals surface area contributed by atoms with Gasteiger partial charge in [-0.1, -0.05) is 18.2 Å². The van der Waals surface area contributed by atoms with Crippen molar-refractivity contribution in [2.75, 3.05) is 5.32 Å². The molecular weight excluding hydrogens is 245 g/mol. The molecule has 0 fully saturated rings. The summed E-state index contributed by atoms with van der Waals surface area (Å²) >= 11 is 0. The summed E-state index contributed by atoms with van der Waals surface area (Å²) in [5, 5.41) is 12.2. The fourth-order valence-electron chi connectivity index (χ4n) is 1.85. The van der Waals surface area contributed by atoms with Crippen LogP contribution in [0.3, 0.4) is 0 Å². The third kappa shape index (κ3) is 3.55. The van der Waals surface area contributed by atoms with Gasteiger partial charge in [-0.3, -0.25) is 4.79 Å². The highest BCUT2D eigenvalue weighted by Crippen LogP contribution is 2.18. The highest BCUT2D eigenvalue weighted by atomic mass is 19.1. The first kappa shape index (κ1) is 13.1. The van der Waals surface area contributed by atoms with Crippen molar-refractivity contribution >= 4 is 11.6 Å². The van der Waals surface area contributed by atoms with Crippen LogP contribution in [-0.2, 0) is 11.2 Å². The van der Waals surface area contributed by atoms with E-state index in [1.54, 1.807) is 31.2 Å². The van der Waals surface area contributed by atoms with Crippen molar-refractivity contribution in [3.8, 4) is 5.75 Å². The predicted octanol–water partition coefficient (Wildman–Crippen LogP) is 3.02. The van der Waals surface area contributed by atoms with Gasteiger partial charge in [0, 0.05) is 11.3 Å². The van der Waals surface area contributed by atoms with E-state index in [0.717, 1.165) is 5.56 Å². The molecule has 2 aromatic rings. The van der Waals surface area contributed by atoms with Crippen molar-refractivity contribution in [2.24, 2.45) is 0 Å². The van der Waals surface area contributed by atoms with Crippen molar-refractivity contribution in [1.82, 2.24) is 0 Å². The van der Waals surface area contributed by atoms with Gasteiger partial charge in [-0.15, -0.1) is 0 Å². The smallest absolute Gasteiger partial charge is 0.228 e. The number of rotatable bonds is 3. The van der Waals surface area contributed by atoms with Crippen molar-refractivity contribution in [3.05, 3.63) is 59.4 Å². The number of halogens is 1. The Morgan fingerprint density at radius 2 is 2.00 bits per heavy atom.